The zero-order valence-electron chi connectivity index (χ0n) is 17.0. The van der Waals surface area contributed by atoms with Gasteiger partial charge in [0, 0.05) is 26.7 Å². The Morgan fingerprint density at radius 1 is 1.26 bits per heavy atom. The Hall–Kier alpha value is -1.89. The van der Waals surface area contributed by atoms with Crippen LogP contribution in [0.1, 0.15) is 69.1 Å². The summed E-state index contributed by atoms with van der Waals surface area (Å²) < 4.78 is 7.63. The lowest BCUT2D eigenvalue weighted by Gasteiger charge is -2.41. The van der Waals surface area contributed by atoms with Crippen molar-refractivity contribution in [1.29, 1.82) is 0 Å². The van der Waals surface area contributed by atoms with E-state index in [0.29, 0.717) is 31.7 Å². The Labute approximate surface area is 161 Å². The SMILES string of the molecule is COC1(CC(=O)N2CCCn3cnc(C(=O)NCC(C)(C)C)c3C2)CCC1. The molecular weight excluding hydrogens is 344 g/mol. The molecule has 0 bridgehead atoms. The van der Waals surface area contributed by atoms with Gasteiger partial charge >= 0.3 is 0 Å². The second-order valence-electron chi connectivity index (χ2n) is 9.06. The van der Waals surface area contributed by atoms with Gasteiger partial charge in [-0.2, -0.15) is 0 Å². The van der Waals surface area contributed by atoms with E-state index in [1.807, 2.05) is 9.47 Å². The van der Waals surface area contributed by atoms with Crippen LogP contribution in [-0.4, -0.2) is 52.1 Å². The average molecular weight is 377 g/mol. The van der Waals surface area contributed by atoms with Crippen LogP contribution in [0.15, 0.2) is 6.33 Å². The third kappa shape index (κ3) is 4.51. The van der Waals surface area contributed by atoms with Gasteiger partial charge in [-0.25, -0.2) is 4.98 Å². The molecule has 0 radical (unpaired) electrons. The topological polar surface area (TPSA) is 76.5 Å². The molecule has 2 heterocycles. The number of imidazole rings is 1. The van der Waals surface area contributed by atoms with Crippen LogP contribution in [0, 0.1) is 5.41 Å². The number of hydrogen-bond acceptors (Lipinski definition) is 4. The number of ether oxygens (including phenoxy) is 1. The number of amides is 2. The number of nitrogens with zero attached hydrogens (tertiary/aromatic N) is 3. The summed E-state index contributed by atoms with van der Waals surface area (Å²) in [7, 11) is 1.70. The summed E-state index contributed by atoms with van der Waals surface area (Å²) in [5.74, 6) is -0.0624. The quantitative estimate of drug-likeness (QED) is 0.856. The highest BCUT2D eigenvalue weighted by molar-refractivity contribution is 5.93. The van der Waals surface area contributed by atoms with Gasteiger partial charge in [0.25, 0.3) is 5.91 Å². The van der Waals surface area contributed by atoms with Gasteiger partial charge in [0.05, 0.1) is 30.6 Å². The van der Waals surface area contributed by atoms with Crippen molar-refractivity contribution in [3.05, 3.63) is 17.7 Å². The molecule has 1 saturated carbocycles. The highest BCUT2D eigenvalue weighted by Crippen LogP contribution is 2.38. The molecule has 7 heteroatoms. The summed E-state index contributed by atoms with van der Waals surface area (Å²) in [6, 6.07) is 0. The van der Waals surface area contributed by atoms with E-state index in [2.05, 4.69) is 31.1 Å². The number of carbonyl (C=O) groups is 2. The Balaban J connectivity index is 1.71. The van der Waals surface area contributed by atoms with Crippen molar-refractivity contribution in [2.24, 2.45) is 5.41 Å². The predicted molar refractivity (Wildman–Crippen MR) is 102 cm³/mol. The number of fused-ring (bicyclic) bond motifs is 1. The molecule has 1 aliphatic carbocycles. The normalized spacial score (nSPS) is 19.0. The van der Waals surface area contributed by atoms with Gasteiger partial charge in [0.1, 0.15) is 0 Å². The highest BCUT2D eigenvalue weighted by Gasteiger charge is 2.40. The maximum absolute atomic E-state index is 12.9. The summed E-state index contributed by atoms with van der Waals surface area (Å²) >= 11 is 0. The molecule has 27 heavy (non-hydrogen) atoms. The first kappa shape index (κ1) is 19.9. The molecule has 1 fully saturated rings. The standard InChI is InChI=1S/C20H32N4O3/c1-19(2,3)13-21-18(26)17-15-12-23(9-6-10-24(15)14-22-17)16(25)11-20(27-4)7-5-8-20/h14H,5-13H2,1-4H3,(H,21,26). The molecule has 0 unspecified atom stereocenters. The molecule has 1 N–H and O–H groups in total. The lowest BCUT2D eigenvalue weighted by molar-refractivity contribution is -0.144. The second-order valence-corrected chi connectivity index (χ2v) is 9.06. The molecule has 150 valence electrons. The molecule has 7 nitrogen and oxygen atoms in total. The first-order valence-electron chi connectivity index (χ1n) is 9.88. The van der Waals surface area contributed by atoms with Crippen molar-refractivity contribution < 1.29 is 14.3 Å². The molecule has 2 amide bonds. The second kappa shape index (κ2) is 7.62. The summed E-state index contributed by atoms with van der Waals surface area (Å²) in [6.45, 7) is 8.71. The summed E-state index contributed by atoms with van der Waals surface area (Å²) in [5, 5.41) is 2.97. The number of hydrogen-bond donors (Lipinski definition) is 1. The number of rotatable bonds is 5. The van der Waals surface area contributed by atoms with Crippen LogP contribution in [0.2, 0.25) is 0 Å². The van der Waals surface area contributed by atoms with E-state index in [1.54, 1.807) is 13.4 Å². The summed E-state index contributed by atoms with van der Waals surface area (Å²) in [6.07, 6.45) is 6.01. The molecule has 1 aromatic heterocycles. The van der Waals surface area contributed by atoms with E-state index >= 15 is 0 Å². The molecule has 1 aromatic rings. The van der Waals surface area contributed by atoms with Crippen LogP contribution in [0.25, 0.3) is 0 Å². The Bertz CT molecular complexity index is 695. The molecule has 0 spiro atoms. The minimum atomic E-state index is -0.281. The third-order valence-electron chi connectivity index (χ3n) is 5.63. The zero-order chi connectivity index (χ0) is 19.7. The van der Waals surface area contributed by atoms with E-state index in [1.165, 1.54) is 0 Å². The lowest BCUT2D eigenvalue weighted by Crippen LogP contribution is -2.45. The van der Waals surface area contributed by atoms with Crippen molar-refractivity contribution in [2.75, 3.05) is 20.2 Å². The summed E-state index contributed by atoms with van der Waals surface area (Å²) in [4.78, 5) is 31.7. The van der Waals surface area contributed by atoms with E-state index in [9.17, 15) is 9.59 Å². The van der Waals surface area contributed by atoms with Crippen molar-refractivity contribution >= 4 is 11.8 Å². The summed E-state index contributed by atoms with van der Waals surface area (Å²) in [5.41, 5.74) is 0.985. The van der Waals surface area contributed by atoms with E-state index in [4.69, 9.17) is 4.74 Å². The fourth-order valence-electron chi connectivity index (χ4n) is 3.70. The van der Waals surface area contributed by atoms with E-state index < -0.39 is 0 Å². The fraction of sp³-hybridized carbons (Fsp3) is 0.750. The maximum Gasteiger partial charge on any atom is 0.271 e. The fourth-order valence-corrected chi connectivity index (χ4v) is 3.70. The monoisotopic (exact) mass is 376 g/mol. The lowest BCUT2D eigenvalue weighted by atomic mass is 9.77. The molecule has 0 atom stereocenters. The van der Waals surface area contributed by atoms with Crippen molar-refractivity contribution in [1.82, 2.24) is 19.8 Å². The first-order chi connectivity index (χ1) is 12.7. The smallest absolute Gasteiger partial charge is 0.271 e. The van der Waals surface area contributed by atoms with Gasteiger partial charge in [0.2, 0.25) is 5.91 Å². The van der Waals surface area contributed by atoms with Crippen LogP contribution in [0.3, 0.4) is 0 Å². The van der Waals surface area contributed by atoms with Crippen molar-refractivity contribution in [2.45, 2.75) is 71.6 Å². The Morgan fingerprint density at radius 2 is 2.00 bits per heavy atom. The number of carbonyl (C=O) groups excluding carboxylic acids is 2. The van der Waals surface area contributed by atoms with Gasteiger partial charge in [-0.05, 0) is 31.1 Å². The molecular formula is C20H32N4O3. The zero-order valence-corrected chi connectivity index (χ0v) is 17.0. The Kier molecular flexibility index (Phi) is 5.60. The number of aryl methyl sites for hydroxylation is 1. The van der Waals surface area contributed by atoms with Crippen LogP contribution in [-0.2, 0) is 22.6 Å². The number of nitrogens with one attached hydrogen (secondary N) is 1. The molecule has 3 rings (SSSR count). The minimum Gasteiger partial charge on any atom is -0.378 e. The van der Waals surface area contributed by atoms with E-state index in [0.717, 1.165) is 37.9 Å². The van der Waals surface area contributed by atoms with Crippen LogP contribution in [0.4, 0.5) is 0 Å². The van der Waals surface area contributed by atoms with Gasteiger partial charge in [-0.15, -0.1) is 0 Å². The van der Waals surface area contributed by atoms with Gasteiger partial charge < -0.3 is 19.5 Å². The average Bonchev–Trinajstić information content (AvgIpc) is 2.85. The van der Waals surface area contributed by atoms with Crippen molar-refractivity contribution in [3.63, 3.8) is 0 Å². The first-order valence-corrected chi connectivity index (χ1v) is 9.88. The third-order valence-corrected chi connectivity index (χ3v) is 5.63. The molecule has 1 aliphatic heterocycles. The van der Waals surface area contributed by atoms with Crippen LogP contribution >= 0.6 is 0 Å². The Morgan fingerprint density at radius 3 is 2.59 bits per heavy atom. The predicted octanol–water partition coefficient (Wildman–Crippen LogP) is 2.35. The molecule has 0 saturated heterocycles. The van der Waals surface area contributed by atoms with Gasteiger partial charge in [-0.3, -0.25) is 9.59 Å². The van der Waals surface area contributed by atoms with Crippen LogP contribution < -0.4 is 5.32 Å². The minimum absolute atomic E-state index is 0.00555. The maximum atomic E-state index is 12.9. The van der Waals surface area contributed by atoms with Crippen molar-refractivity contribution in [3.8, 4) is 0 Å². The van der Waals surface area contributed by atoms with Gasteiger partial charge in [-0.1, -0.05) is 20.8 Å². The van der Waals surface area contributed by atoms with E-state index in [-0.39, 0.29) is 22.8 Å². The molecule has 2 aliphatic rings. The van der Waals surface area contributed by atoms with Gasteiger partial charge in [0.15, 0.2) is 5.69 Å². The van der Waals surface area contributed by atoms with Crippen LogP contribution in [0.5, 0.6) is 0 Å². The largest absolute Gasteiger partial charge is 0.378 e. The highest BCUT2D eigenvalue weighted by atomic mass is 16.5. The molecule has 0 aromatic carbocycles. The number of methoxy groups -OCH3 is 1. The number of aromatic nitrogens is 2.